The van der Waals surface area contributed by atoms with Crippen LogP contribution in [0, 0.1) is 0 Å². The number of para-hydroxylation sites is 3. The maximum Gasteiger partial charge on any atom is 0.122 e. The van der Waals surface area contributed by atoms with Gasteiger partial charge in [-0.05, 0) is 117 Å². The van der Waals surface area contributed by atoms with Crippen LogP contribution in [0.4, 0.5) is 28.4 Å². The second-order valence-electron chi connectivity index (χ2n) is 19.2. The molecule has 1 atom stereocenters. The SMILES string of the molecule is c1ccc(-c2cccc(N(c3ccccc3)C3(c4ccccc4)c4ccccc4-c4ccc(N(c5ccc6c7ccccc7n(-c7cccc8ccccc78)c6c5)c5ccccc5-c5ccccc5)cc43)c2)cc1. The maximum atomic E-state index is 2.60. The average Bonchev–Trinajstić information content (AvgIpc) is 4.00. The molecule has 1 aliphatic rings. The zero-order chi connectivity index (χ0) is 49.0. The number of hydrogen-bond donors (Lipinski definition) is 0. The van der Waals surface area contributed by atoms with Gasteiger partial charge in [-0.2, -0.15) is 0 Å². The van der Waals surface area contributed by atoms with Gasteiger partial charge in [0.15, 0.2) is 0 Å². The fourth-order valence-corrected chi connectivity index (χ4v) is 12.0. The van der Waals surface area contributed by atoms with Crippen LogP contribution in [0.25, 0.3) is 71.6 Å². The molecule has 13 aromatic rings. The number of aromatic nitrogens is 1. The molecular weight excluding hydrogens is 895 g/mol. The number of rotatable bonds is 10. The van der Waals surface area contributed by atoms with Gasteiger partial charge in [0.2, 0.25) is 0 Å². The highest BCUT2D eigenvalue weighted by Gasteiger charge is 2.50. The molecule has 0 bridgehead atoms. The molecule has 12 aromatic carbocycles. The van der Waals surface area contributed by atoms with Gasteiger partial charge < -0.3 is 14.4 Å². The second-order valence-corrected chi connectivity index (χ2v) is 19.2. The van der Waals surface area contributed by atoms with Crippen molar-refractivity contribution in [2.75, 3.05) is 9.80 Å². The summed E-state index contributed by atoms with van der Waals surface area (Å²) in [5, 5.41) is 4.85. The molecule has 1 unspecified atom stereocenters. The number of benzene rings is 12. The smallest absolute Gasteiger partial charge is 0.122 e. The molecular formula is C71H49N3. The summed E-state index contributed by atoms with van der Waals surface area (Å²) in [6.45, 7) is 0. The van der Waals surface area contributed by atoms with Crippen molar-refractivity contribution in [1.29, 1.82) is 0 Å². The Morgan fingerprint density at radius 3 is 1.66 bits per heavy atom. The van der Waals surface area contributed by atoms with Crippen molar-refractivity contribution in [2.24, 2.45) is 0 Å². The Morgan fingerprint density at radius 1 is 0.297 bits per heavy atom. The Labute approximate surface area is 431 Å². The third-order valence-electron chi connectivity index (χ3n) is 15.2. The van der Waals surface area contributed by atoms with Gasteiger partial charge in [0.05, 0.1) is 22.4 Å². The van der Waals surface area contributed by atoms with Crippen LogP contribution in [0.1, 0.15) is 16.7 Å². The van der Waals surface area contributed by atoms with E-state index in [0.29, 0.717) is 0 Å². The largest absolute Gasteiger partial charge is 0.323 e. The highest BCUT2D eigenvalue weighted by Crippen LogP contribution is 2.59. The van der Waals surface area contributed by atoms with E-state index in [9.17, 15) is 0 Å². The lowest BCUT2D eigenvalue weighted by Gasteiger charge is -2.45. The third-order valence-corrected chi connectivity index (χ3v) is 15.2. The molecule has 3 heteroatoms. The quantitative estimate of drug-likeness (QED) is 0.135. The molecule has 0 amide bonds. The highest BCUT2D eigenvalue weighted by atomic mass is 15.2. The lowest BCUT2D eigenvalue weighted by atomic mass is 9.78. The molecule has 3 nitrogen and oxygen atoms in total. The first-order valence-electron chi connectivity index (χ1n) is 25.5. The van der Waals surface area contributed by atoms with E-state index in [4.69, 9.17) is 0 Å². The van der Waals surface area contributed by atoms with Crippen molar-refractivity contribution in [1.82, 2.24) is 4.57 Å². The minimum atomic E-state index is -0.824. The van der Waals surface area contributed by atoms with Crippen molar-refractivity contribution in [3.63, 3.8) is 0 Å². The Bertz CT molecular complexity index is 4200. The van der Waals surface area contributed by atoms with Crippen molar-refractivity contribution < 1.29 is 0 Å². The molecule has 0 N–H and O–H groups in total. The topological polar surface area (TPSA) is 11.4 Å². The summed E-state index contributed by atoms with van der Waals surface area (Å²) in [5.41, 5.74) is 18.7. The van der Waals surface area contributed by atoms with Gasteiger partial charge in [0.1, 0.15) is 5.54 Å². The first kappa shape index (κ1) is 43.1. The van der Waals surface area contributed by atoms with Crippen LogP contribution in [-0.4, -0.2) is 4.57 Å². The summed E-state index contributed by atoms with van der Waals surface area (Å²) < 4.78 is 2.47. The fraction of sp³-hybridized carbons (Fsp3) is 0.0141. The molecule has 0 aliphatic heterocycles. The van der Waals surface area contributed by atoms with Gasteiger partial charge in [-0.15, -0.1) is 0 Å². The molecule has 1 aliphatic carbocycles. The van der Waals surface area contributed by atoms with E-state index in [1.165, 1.54) is 60.4 Å². The van der Waals surface area contributed by atoms with Crippen LogP contribution in [0.3, 0.4) is 0 Å². The fourth-order valence-electron chi connectivity index (χ4n) is 12.0. The van der Waals surface area contributed by atoms with E-state index in [0.717, 1.165) is 56.3 Å². The van der Waals surface area contributed by atoms with E-state index in [1.807, 2.05) is 0 Å². The summed E-state index contributed by atoms with van der Waals surface area (Å²) in [5.74, 6) is 0. The number of hydrogen-bond acceptors (Lipinski definition) is 2. The molecule has 14 rings (SSSR count). The Kier molecular flexibility index (Phi) is 10.4. The number of fused-ring (bicyclic) bond motifs is 7. The van der Waals surface area contributed by atoms with Crippen LogP contribution in [-0.2, 0) is 5.54 Å². The molecule has 0 fully saturated rings. The first-order chi connectivity index (χ1) is 36.7. The van der Waals surface area contributed by atoms with E-state index in [2.05, 4.69) is 312 Å². The zero-order valence-electron chi connectivity index (χ0n) is 40.6. The van der Waals surface area contributed by atoms with Crippen molar-refractivity contribution >= 4 is 61.0 Å². The predicted octanol–water partition coefficient (Wildman–Crippen LogP) is 18.9. The molecule has 0 saturated heterocycles. The lowest BCUT2D eigenvalue weighted by Crippen LogP contribution is -2.44. The monoisotopic (exact) mass is 943 g/mol. The molecule has 0 spiro atoms. The normalized spacial score (nSPS) is 13.7. The van der Waals surface area contributed by atoms with Gasteiger partial charge in [0.25, 0.3) is 0 Å². The van der Waals surface area contributed by atoms with Crippen LogP contribution < -0.4 is 9.80 Å². The minimum absolute atomic E-state index is 0.824. The van der Waals surface area contributed by atoms with Gasteiger partial charge >= 0.3 is 0 Å². The Balaban J connectivity index is 1.07. The molecule has 0 saturated carbocycles. The van der Waals surface area contributed by atoms with Crippen molar-refractivity contribution in [3.8, 4) is 39.1 Å². The Hall–Kier alpha value is -9.70. The maximum absolute atomic E-state index is 2.60. The van der Waals surface area contributed by atoms with E-state index in [1.54, 1.807) is 0 Å². The molecule has 348 valence electrons. The van der Waals surface area contributed by atoms with Gasteiger partial charge in [-0.25, -0.2) is 0 Å². The van der Waals surface area contributed by atoms with Crippen LogP contribution in [0.2, 0.25) is 0 Å². The molecule has 1 aromatic heterocycles. The van der Waals surface area contributed by atoms with Crippen LogP contribution in [0.15, 0.2) is 297 Å². The number of nitrogens with zero attached hydrogens (tertiary/aromatic N) is 3. The minimum Gasteiger partial charge on any atom is -0.323 e. The highest BCUT2D eigenvalue weighted by molar-refractivity contribution is 6.12. The van der Waals surface area contributed by atoms with Crippen LogP contribution >= 0.6 is 0 Å². The Morgan fingerprint density at radius 2 is 0.851 bits per heavy atom. The summed E-state index contributed by atoms with van der Waals surface area (Å²) in [6, 6.07) is 109. The lowest BCUT2D eigenvalue weighted by molar-refractivity contribution is 0.644. The van der Waals surface area contributed by atoms with Gasteiger partial charge in [-0.1, -0.05) is 231 Å². The third kappa shape index (κ3) is 6.89. The zero-order valence-corrected chi connectivity index (χ0v) is 40.6. The van der Waals surface area contributed by atoms with Gasteiger partial charge in [-0.3, -0.25) is 0 Å². The summed E-state index contributed by atoms with van der Waals surface area (Å²) in [6.07, 6.45) is 0. The predicted molar refractivity (Wildman–Crippen MR) is 311 cm³/mol. The van der Waals surface area contributed by atoms with Crippen LogP contribution in [0.5, 0.6) is 0 Å². The first-order valence-corrected chi connectivity index (χ1v) is 25.5. The molecule has 0 radical (unpaired) electrons. The van der Waals surface area contributed by atoms with E-state index in [-0.39, 0.29) is 0 Å². The van der Waals surface area contributed by atoms with Crippen molar-refractivity contribution in [2.45, 2.75) is 5.54 Å². The number of anilines is 5. The standard InChI is InChI=1S/C71H49N3/c1-5-23-50(24-6-1)53-29-21-34-58(47-53)74(55-32-11-4-12-33-55)71(54-30-9-3-10-31-54)65-39-18-15-37-61(65)62-45-43-56(48-66(62)71)72(67-40-19-16-36-59(67)51-25-7-2-8-26-51)57-44-46-64-63-38-17-20-41-69(63)73(70(64)49-57)68-42-22-28-52-27-13-14-35-60(52)68/h1-49H. The second kappa shape index (κ2) is 17.9. The van der Waals surface area contributed by atoms with E-state index < -0.39 is 5.54 Å². The van der Waals surface area contributed by atoms with Gasteiger partial charge in [0, 0.05) is 44.5 Å². The summed E-state index contributed by atoms with van der Waals surface area (Å²) in [7, 11) is 0. The van der Waals surface area contributed by atoms with E-state index >= 15 is 0 Å². The average molecular weight is 944 g/mol. The summed E-state index contributed by atoms with van der Waals surface area (Å²) >= 11 is 0. The molecule has 1 heterocycles. The van der Waals surface area contributed by atoms with Crippen molar-refractivity contribution in [3.05, 3.63) is 314 Å². The molecule has 74 heavy (non-hydrogen) atoms. The summed E-state index contributed by atoms with van der Waals surface area (Å²) in [4.78, 5) is 5.09.